The monoisotopic (exact) mass is 176 g/mol. The third kappa shape index (κ3) is 2.12. The van der Waals surface area contributed by atoms with Crippen LogP contribution in [0.5, 0.6) is 0 Å². The van der Waals surface area contributed by atoms with E-state index in [-0.39, 0.29) is 0 Å². The van der Waals surface area contributed by atoms with E-state index < -0.39 is 0 Å². The molecule has 0 aliphatic heterocycles. The molecule has 0 spiro atoms. The Morgan fingerprint density at radius 3 is 2.22 bits per heavy atom. The zero-order valence-electron chi connectivity index (χ0n) is 4.54. The molecule has 1 aromatic carbocycles. The van der Waals surface area contributed by atoms with Gasteiger partial charge in [0, 0.05) is 9.92 Å². The molecule has 0 saturated heterocycles. The molecular formula is C6H5ClS2. The van der Waals surface area contributed by atoms with E-state index in [9.17, 15) is 0 Å². The first-order valence-electron chi connectivity index (χ1n) is 2.40. The quantitative estimate of drug-likeness (QED) is 0.506. The van der Waals surface area contributed by atoms with Gasteiger partial charge in [0.1, 0.15) is 0 Å². The molecule has 0 N–H and O–H groups in total. The molecule has 0 atom stereocenters. The van der Waals surface area contributed by atoms with Crippen molar-refractivity contribution in [1.82, 2.24) is 0 Å². The van der Waals surface area contributed by atoms with Crippen LogP contribution in [0.4, 0.5) is 0 Å². The molecule has 0 heterocycles. The van der Waals surface area contributed by atoms with Crippen LogP contribution in [0.2, 0.25) is 5.02 Å². The van der Waals surface area contributed by atoms with Gasteiger partial charge in [-0.15, -0.1) is 11.7 Å². The molecule has 0 nitrogen and oxygen atoms in total. The fraction of sp³-hybridized carbons (Fsp3) is 0. The molecule has 3 heteroatoms. The summed E-state index contributed by atoms with van der Waals surface area (Å²) in [6.07, 6.45) is 0. The molecule has 1 rings (SSSR count). The largest absolute Gasteiger partial charge is 0.106 e. The van der Waals surface area contributed by atoms with Gasteiger partial charge in [-0.1, -0.05) is 22.4 Å². The fourth-order valence-corrected chi connectivity index (χ4v) is 1.24. The second kappa shape index (κ2) is 3.40. The smallest absolute Gasteiger partial charge is 0.0406 e. The highest BCUT2D eigenvalue weighted by Gasteiger charge is 1.87. The molecule has 0 aromatic heterocycles. The predicted octanol–water partition coefficient (Wildman–Crippen LogP) is 3.28. The molecule has 0 amide bonds. The van der Waals surface area contributed by atoms with Crippen LogP contribution < -0.4 is 0 Å². The topological polar surface area (TPSA) is 0 Å². The van der Waals surface area contributed by atoms with E-state index in [1.54, 1.807) is 0 Å². The van der Waals surface area contributed by atoms with Crippen molar-refractivity contribution in [3.8, 4) is 0 Å². The van der Waals surface area contributed by atoms with Crippen LogP contribution in [0, 0.1) is 0 Å². The first-order valence-corrected chi connectivity index (χ1v) is 4.64. The molecule has 9 heavy (non-hydrogen) atoms. The Balaban J connectivity index is 2.88. The molecule has 0 aliphatic rings. The van der Waals surface area contributed by atoms with Crippen molar-refractivity contribution >= 4 is 34.1 Å². The predicted molar refractivity (Wildman–Crippen MR) is 46.3 cm³/mol. The van der Waals surface area contributed by atoms with Crippen molar-refractivity contribution < 1.29 is 0 Å². The van der Waals surface area contributed by atoms with Crippen molar-refractivity contribution in [2.75, 3.05) is 0 Å². The number of hydrogen-bond acceptors (Lipinski definition) is 2. The minimum Gasteiger partial charge on any atom is -0.106 e. The zero-order chi connectivity index (χ0) is 6.69. The van der Waals surface area contributed by atoms with Crippen LogP contribution in [-0.2, 0) is 0 Å². The van der Waals surface area contributed by atoms with E-state index in [0.29, 0.717) is 0 Å². The van der Waals surface area contributed by atoms with Crippen LogP contribution in [0.25, 0.3) is 0 Å². The molecule has 1 aromatic rings. The third-order valence-corrected chi connectivity index (χ3v) is 2.29. The highest BCUT2D eigenvalue weighted by atomic mass is 35.5. The Bertz CT molecular complexity index is 183. The summed E-state index contributed by atoms with van der Waals surface area (Å²) in [4.78, 5) is 1.11. The fourth-order valence-electron chi connectivity index (χ4n) is 0.495. The van der Waals surface area contributed by atoms with Crippen molar-refractivity contribution in [2.45, 2.75) is 4.90 Å². The standard InChI is InChI=1S/C6H5ClS2/c7-5-1-3-6(9-8)4-2-5/h1-4,8H. The van der Waals surface area contributed by atoms with Gasteiger partial charge in [-0.05, 0) is 24.3 Å². The maximum Gasteiger partial charge on any atom is 0.0406 e. The summed E-state index contributed by atoms with van der Waals surface area (Å²) in [5, 5.41) is 0.765. The maximum absolute atomic E-state index is 5.63. The molecular weight excluding hydrogens is 172 g/mol. The minimum atomic E-state index is 0.765. The van der Waals surface area contributed by atoms with E-state index in [4.69, 9.17) is 11.6 Å². The van der Waals surface area contributed by atoms with Crippen molar-refractivity contribution in [1.29, 1.82) is 0 Å². The molecule has 0 radical (unpaired) electrons. The average Bonchev–Trinajstić information content (AvgIpc) is 1.90. The molecule has 48 valence electrons. The summed E-state index contributed by atoms with van der Waals surface area (Å²) < 4.78 is 0. The second-order valence-corrected chi connectivity index (χ2v) is 3.18. The Morgan fingerprint density at radius 1 is 1.22 bits per heavy atom. The normalized spacial score (nSPS) is 9.56. The minimum absolute atomic E-state index is 0.765. The summed E-state index contributed by atoms with van der Waals surface area (Å²) in [7, 11) is 1.41. The lowest BCUT2D eigenvalue weighted by atomic mass is 10.4. The Labute approximate surface area is 68.4 Å². The summed E-state index contributed by atoms with van der Waals surface area (Å²) in [6, 6.07) is 7.56. The van der Waals surface area contributed by atoms with Crippen LogP contribution >= 0.6 is 34.1 Å². The van der Waals surface area contributed by atoms with Gasteiger partial charge in [-0.3, -0.25) is 0 Å². The van der Waals surface area contributed by atoms with Gasteiger partial charge in [-0.2, -0.15) is 0 Å². The van der Waals surface area contributed by atoms with Gasteiger partial charge in [0.05, 0.1) is 0 Å². The van der Waals surface area contributed by atoms with Gasteiger partial charge in [-0.25, -0.2) is 0 Å². The van der Waals surface area contributed by atoms with Crippen molar-refractivity contribution in [3.05, 3.63) is 29.3 Å². The van der Waals surface area contributed by atoms with Crippen LogP contribution in [0.15, 0.2) is 29.2 Å². The number of hydrogen-bond donors (Lipinski definition) is 1. The van der Waals surface area contributed by atoms with E-state index in [2.05, 4.69) is 11.7 Å². The van der Waals surface area contributed by atoms with E-state index in [1.165, 1.54) is 10.8 Å². The van der Waals surface area contributed by atoms with E-state index in [1.807, 2.05) is 24.3 Å². The maximum atomic E-state index is 5.63. The molecule has 0 aliphatic carbocycles. The van der Waals surface area contributed by atoms with Crippen molar-refractivity contribution in [3.63, 3.8) is 0 Å². The lowest BCUT2D eigenvalue weighted by molar-refractivity contribution is 1.48. The Hall–Kier alpha value is 0.210. The van der Waals surface area contributed by atoms with Crippen molar-refractivity contribution in [2.24, 2.45) is 0 Å². The van der Waals surface area contributed by atoms with Gasteiger partial charge in [0.2, 0.25) is 0 Å². The molecule has 0 bridgehead atoms. The van der Waals surface area contributed by atoms with Gasteiger partial charge in [0.25, 0.3) is 0 Å². The SMILES string of the molecule is SSc1ccc(Cl)cc1. The average molecular weight is 177 g/mol. The lowest BCUT2D eigenvalue weighted by Gasteiger charge is -1.91. The Morgan fingerprint density at radius 2 is 1.78 bits per heavy atom. The van der Waals surface area contributed by atoms with Gasteiger partial charge in [0.15, 0.2) is 0 Å². The van der Waals surface area contributed by atoms with Crippen LogP contribution in [0.1, 0.15) is 0 Å². The Kier molecular flexibility index (Phi) is 2.76. The number of rotatable bonds is 1. The van der Waals surface area contributed by atoms with Crippen LogP contribution in [0.3, 0.4) is 0 Å². The van der Waals surface area contributed by atoms with Gasteiger partial charge >= 0.3 is 0 Å². The summed E-state index contributed by atoms with van der Waals surface area (Å²) >= 11 is 9.65. The molecule has 0 saturated carbocycles. The highest BCUT2D eigenvalue weighted by Crippen LogP contribution is 2.22. The first-order chi connectivity index (χ1) is 4.33. The number of halogens is 1. The second-order valence-electron chi connectivity index (χ2n) is 1.55. The van der Waals surface area contributed by atoms with E-state index in [0.717, 1.165) is 9.92 Å². The molecule has 0 fully saturated rings. The summed E-state index contributed by atoms with van der Waals surface area (Å²) in [6.45, 7) is 0. The van der Waals surface area contributed by atoms with Crippen LogP contribution in [-0.4, -0.2) is 0 Å². The summed E-state index contributed by atoms with van der Waals surface area (Å²) in [5.74, 6) is 0. The van der Waals surface area contributed by atoms with Gasteiger partial charge < -0.3 is 0 Å². The number of thiol groups is 1. The lowest BCUT2D eigenvalue weighted by Crippen LogP contribution is -1.64. The van der Waals surface area contributed by atoms with E-state index >= 15 is 0 Å². The molecule has 0 unspecified atom stereocenters. The first kappa shape index (κ1) is 7.32. The third-order valence-electron chi connectivity index (χ3n) is 0.919. The highest BCUT2D eigenvalue weighted by molar-refractivity contribution is 8.68. The zero-order valence-corrected chi connectivity index (χ0v) is 7.01. The number of benzene rings is 1. The summed E-state index contributed by atoms with van der Waals surface area (Å²) in [5.41, 5.74) is 0.